The molecule has 0 aromatic carbocycles. The number of amides is 1. The molecule has 0 spiro atoms. The number of rotatable bonds is 36. The summed E-state index contributed by atoms with van der Waals surface area (Å²) in [5.74, 6) is -0.813. The molecule has 1 amide bonds. The van der Waals surface area contributed by atoms with Crippen molar-refractivity contribution >= 4 is 19.5 Å². The Hall–Kier alpha value is -1.43. The predicted molar refractivity (Wildman–Crippen MR) is 227 cm³/mol. The first-order valence-corrected chi connectivity index (χ1v) is 23.8. The van der Waals surface area contributed by atoms with Crippen LogP contribution in [0, 0.1) is 11.8 Å². The second-order valence-electron chi connectivity index (χ2n) is 17.2. The number of hydrogen-bond acceptors (Lipinski definition) is 8. The van der Waals surface area contributed by atoms with E-state index in [4.69, 9.17) is 9.05 Å². The van der Waals surface area contributed by atoms with Gasteiger partial charge in [0.05, 0.1) is 52.1 Å². The average Bonchev–Trinajstić information content (AvgIpc) is 3.40. The number of aliphatic hydroxyl groups excluding tert-OH is 3. The van der Waals surface area contributed by atoms with Crippen molar-refractivity contribution in [2.24, 2.45) is 11.8 Å². The van der Waals surface area contributed by atoms with Gasteiger partial charge in [-0.25, -0.2) is 4.57 Å². The lowest BCUT2D eigenvalue weighted by Gasteiger charge is -2.25. The Balaban J connectivity index is 2.54. The number of unbranched alkanes of at least 4 members (excludes halogenated alkanes) is 17. The lowest BCUT2D eigenvalue weighted by molar-refractivity contribution is -0.870. The second kappa shape index (κ2) is 31.5. The predicted octanol–water partition coefficient (Wildman–Crippen LogP) is 8.72. The molecule has 328 valence electrons. The van der Waals surface area contributed by atoms with Crippen molar-refractivity contribution in [3.8, 4) is 0 Å². The summed E-state index contributed by atoms with van der Waals surface area (Å²) >= 11 is 0. The van der Waals surface area contributed by atoms with Crippen LogP contribution in [0.25, 0.3) is 0 Å². The molecule has 56 heavy (non-hydrogen) atoms. The van der Waals surface area contributed by atoms with E-state index in [-0.39, 0.29) is 49.6 Å². The van der Waals surface area contributed by atoms with Gasteiger partial charge in [-0.1, -0.05) is 147 Å². The first-order valence-electron chi connectivity index (χ1n) is 22.3. The van der Waals surface area contributed by atoms with Crippen molar-refractivity contribution in [2.45, 2.75) is 192 Å². The molecule has 0 heterocycles. The highest BCUT2D eigenvalue weighted by Crippen LogP contribution is 2.43. The minimum Gasteiger partial charge on any atom is -0.392 e. The molecule has 5 N–H and O–H groups in total. The molecule has 0 aliphatic heterocycles. The van der Waals surface area contributed by atoms with Crippen molar-refractivity contribution in [3.05, 3.63) is 24.3 Å². The van der Waals surface area contributed by atoms with E-state index in [2.05, 4.69) is 19.2 Å². The number of likely N-dealkylation sites (N-methyl/N-ethyl adjacent to an activating group) is 1. The molecule has 1 fully saturated rings. The summed E-state index contributed by atoms with van der Waals surface area (Å²) in [5.41, 5.74) is 0. The molecule has 0 saturated heterocycles. The number of phosphoric ester groups is 1. The van der Waals surface area contributed by atoms with Crippen molar-refractivity contribution < 1.29 is 47.9 Å². The van der Waals surface area contributed by atoms with Crippen LogP contribution < -0.4 is 5.32 Å². The number of phosphoric acid groups is 1. The number of aliphatic hydroxyl groups is 3. The minimum absolute atomic E-state index is 0.0179. The van der Waals surface area contributed by atoms with Gasteiger partial charge < -0.3 is 30.0 Å². The molecule has 1 saturated carbocycles. The van der Waals surface area contributed by atoms with Gasteiger partial charge in [-0.15, -0.1) is 0 Å². The zero-order valence-electron chi connectivity index (χ0n) is 36.1. The third-order valence-electron chi connectivity index (χ3n) is 10.8. The fourth-order valence-corrected chi connectivity index (χ4v) is 7.92. The van der Waals surface area contributed by atoms with E-state index in [0.29, 0.717) is 30.3 Å². The van der Waals surface area contributed by atoms with Crippen molar-refractivity contribution in [2.75, 3.05) is 40.9 Å². The number of ketones is 1. The Labute approximate surface area is 341 Å². The number of carbonyl (C=O) groups is 2. The number of nitrogens with zero attached hydrogens (tertiary/aromatic N) is 1. The summed E-state index contributed by atoms with van der Waals surface area (Å²) in [7, 11) is 1.43. The molecular weight excluding hydrogens is 731 g/mol. The number of hydrogen-bond donors (Lipinski definition) is 5. The summed E-state index contributed by atoms with van der Waals surface area (Å²) < 4.78 is 23.5. The third kappa shape index (κ3) is 27.3. The Kier molecular flexibility index (Phi) is 29.6. The Morgan fingerprint density at radius 3 is 2.04 bits per heavy atom. The van der Waals surface area contributed by atoms with E-state index >= 15 is 0 Å². The maximum absolute atomic E-state index is 13.0. The third-order valence-corrected chi connectivity index (χ3v) is 11.8. The average molecular weight is 816 g/mol. The van der Waals surface area contributed by atoms with Gasteiger partial charge in [0.25, 0.3) is 0 Å². The normalized spacial score (nSPS) is 20.5. The SMILES string of the molecule is CCCCCCCCCCCCCC/C=C/[C@@H](O)[C@H](COP(=O)(O)OCC[N+](C)(C)C)NC(=O)CCCCCC[C@H]1[C@@H](O)CC(=O)[C@@H]1/C=C/[C@@H](O)CCCCC. The van der Waals surface area contributed by atoms with E-state index in [9.17, 15) is 34.4 Å². The zero-order valence-corrected chi connectivity index (χ0v) is 37.0. The van der Waals surface area contributed by atoms with Gasteiger partial charge in [0.2, 0.25) is 5.91 Å². The molecule has 0 aromatic heterocycles. The highest BCUT2D eigenvalue weighted by molar-refractivity contribution is 7.47. The molecule has 7 atom stereocenters. The molecule has 1 aliphatic rings. The van der Waals surface area contributed by atoms with Crippen LogP contribution >= 0.6 is 7.82 Å². The van der Waals surface area contributed by atoms with E-state index in [0.717, 1.165) is 57.8 Å². The van der Waals surface area contributed by atoms with Gasteiger partial charge in [-0.05, 0) is 38.0 Å². The quantitative estimate of drug-likeness (QED) is 0.0180. The zero-order chi connectivity index (χ0) is 41.7. The standard InChI is InChI=1S/C44H83N2O9P/c1-6-8-10-11-12-13-14-15-16-17-18-19-20-25-29-41(48)40(36-55-56(52,53)54-34-33-46(3,4)5)45-44(51)30-26-22-21-24-28-38-39(43(50)35-42(38)49)32-31-37(47)27-23-9-7-2/h25,29,31-32,37-42,47-49H,6-24,26-28,30,33-36H2,1-5H3,(H-,45,51,52,53)/p+1/b29-25+,32-31+/t37-,38+,39+,40-,41+,42-/m0/s1. The number of quaternary nitrogens is 1. The van der Waals surface area contributed by atoms with Gasteiger partial charge >= 0.3 is 7.82 Å². The highest BCUT2D eigenvalue weighted by Gasteiger charge is 2.39. The number of allylic oxidation sites excluding steroid dienone is 2. The molecular formula is C44H84N2O9P+. The van der Waals surface area contributed by atoms with E-state index in [1.807, 2.05) is 27.2 Å². The lowest BCUT2D eigenvalue weighted by atomic mass is 9.88. The summed E-state index contributed by atoms with van der Waals surface area (Å²) in [4.78, 5) is 35.8. The lowest BCUT2D eigenvalue weighted by Crippen LogP contribution is -2.45. The van der Waals surface area contributed by atoms with Gasteiger partial charge in [0, 0.05) is 18.8 Å². The van der Waals surface area contributed by atoms with Crippen LogP contribution in [-0.2, 0) is 23.2 Å². The molecule has 0 radical (unpaired) electrons. The summed E-state index contributed by atoms with van der Waals surface area (Å²) in [6, 6.07) is -0.931. The van der Waals surface area contributed by atoms with Crippen LogP contribution in [0.2, 0.25) is 0 Å². The largest absolute Gasteiger partial charge is 0.472 e. The number of Topliss-reactive ketones (excluding diaryl/α,β-unsaturated/α-hetero) is 1. The number of carbonyl (C=O) groups excluding carboxylic acids is 2. The Morgan fingerprint density at radius 2 is 1.41 bits per heavy atom. The van der Waals surface area contributed by atoms with Crippen LogP contribution in [0.15, 0.2) is 24.3 Å². The van der Waals surface area contributed by atoms with E-state index < -0.39 is 32.2 Å². The Morgan fingerprint density at radius 1 is 0.839 bits per heavy atom. The first kappa shape index (κ1) is 52.6. The topological polar surface area (TPSA) is 163 Å². The van der Waals surface area contributed by atoms with E-state index in [1.165, 1.54) is 64.2 Å². The highest BCUT2D eigenvalue weighted by atomic mass is 31.2. The van der Waals surface area contributed by atoms with Crippen LogP contribution in [0.3, 0.4) is 0 Å². The van der Waals surface area contributed by atoms with Gasteiger partial charge in [0.15, 0.2) is 0 Å². The second-order valence-corrected chi connectivity index (χ2v) is 18.7. The Bertz CT molecular complexity index is 1130. The first-order chi connectivity index (χ1) is 26.7. The molecule has 1 aliphatic carbocycles. The van der Waals surface area contributed by atoms with Gasteiger partial charge in [-0.3, -0.25) is 18.6 Å². The van der Waals surface area contributed by atoms with E-state index in [1.54, 1.807) is 18.2 Å². The molecule has 1 rings (SSSR count). The molecule has 0 bridgehead atoms. The smallest absolute Gasteiger partial charge is 0.392 e. The molecule has 0 aromatic rings. The fourth-order valence-electron chi connectivity index (χ4n) is 7.18. The van der Waals surface area contributed by atoms with Crippen LogP contribution in [0.4, 0.5) is 0 Å². The molecule has 12 heteroatoms. The van der Waals surface area contributed by atoms with Crippen molar-refractivity contribution in [1.82, 2.24) is 5.32 Å². The van der Waals surface area contributed by atoms with Gasteiger partial charge in [0.1, 0.15) is 18.9 Å². The van der Waals surface area contributed by atoms with Crippen molar-refractivity contribution in [3.63, 3.8) is 0 Å². The summed E-state index contributed by atoms with van der Waals surface area (Å²) in [5, 5.41) is 34.6. The van der Waals surface area contributed by atoms with Crippen LogP contribution in [0.1, 0.15) is 168 Å². The minimum atomic E-state index is -4.40. The molecule has 11 nitrogen and oxygen atoms in total. The summed E-state index contributed by atoms with van der Waals surface area (Å²) in [6.07, 6.45) is 28.5. The summed E-state index contributed by atoms with van der Waals surface area (Å²) in [6.45, 7) is 4.49. The molecule has 1 unspecified atom stereocenters. The maximum Gasteiger partial charge on any atom is 0.472 e. The monoisotopic (exact) mass is 816 g/mol. The van der Waals surface area contributed by atoms with Crippen LogP contribution in [0.5, 0.6) is 0 Å². The van der Waals surface area contributed by atoms with Crippen LogP contribution in [-0.4, -0.2) is 102 Å². The van der Waals surface area contributed by atoms with Gasteiger partial charge in [-0.2, -0.15) is 0 Å². The number of nitrogens with one attached hydrogen (secondary N) is 1. The fraction of sp³-hybridized carbons (Fsp3) is 0.864. The maximum atomic E-state index is 13.0. The van der Waals surface area contributed by atoms with Crippen molar-refractivity contribution in [1.29, 1.82) is 0 Å².